The summed E-state index contributed by atoms with van der Waals surface area (Å²) in [4.78, 5) is 11.9. The van der Waals surface area contributed by atoms with Crippen LogP contribution in [-0.2, 0) is 6.54 Å². The van der Waals surface area contributed by atoms with E-state index in [9.17, 15) is 13.6 Å². The fraction of sp³-hybridized carbons (Fsp3) is 0.0667. The van der Waals surface area contributed by atoms with E-state index in [1.807, 2.05) is 6.07 Å². The molecule has 0 bridgehead atoms. The third-order valence-corrected chi connectivity index (χ3v) is 3.20. The standard InChI is InChI=1S/C15H9ClF2N2O/c16-14-11(2-1-3-12(14)17)15(21)20-8-10-5-4-9(7-19)6-13(10)18/h1-6H,8H2,(H,20,21). The lowest BCUT2D eigenvalue weighted by molar-refractivity contribution is 0.0950. The van der Waals surface area contributed by atoms with Gasteiger partial charge in [0.15, 0.2) is 0 Å². The maximum Gasteiger partial charge on any atom is 0.253 e. The summed E-state index contributed by atoms with van der Waals surface area (Å²) in [5, 5.41) is 10.8. The highest BCUT2D eigenvalue weighted by Gasteiger charge is 2.13. The van der Waals surface area contributed by atoms with Crippen molar-refractivity contribution < 1.29 is 13.6 Å². The van der Waals surface area contributed by atoms with E-state index in [4.69, 9.17) is 16.9 Å². The highest BCUT2D eigenvalue weighted by Crippen LogP contribution is 2.19. The number of hydrogen-bond acceptors (Lipinski definition) is 2. The van der Waals surface area contributed by atoms with Crippen molar-refractivity contribution in [3.8, 4) is 6.07 Å². The van der Waals surface area contributed by atoms with Gasteiger partial charge >= 0.3 is 0 Å². The van der Waals surface area contributed by atoms with Gasteiger partial charge in [0, 0.05) is 12.1 Å². The van der Waals surface area contributed by atoms with Crippen LogP contribution in [-0.4, -0.2) is 5.91 Å². The number of amides is 1. The Hall–Kier alpha value is -2.45. The van der Waals surface area contributed by atoms with Crippen LogP contribution in [0.3, 0.4) is 0 Å². The minimum absolute atomic E-state index is 0.0225. The van der Waals surface area contributed by atoms with Gasteiger partial charge in [-0.15, -0.1) is 0 Å². The van der Waals surface area contributed by atoms with Gasteiger partial charge in [0.2, 0.25) is 0 Å². The zero-order valence-electron chi connectivity index (χ0n) is 10.7. The maximum absolute atomic E-state index is 13.6. The second kappa shape index (κ2) is 6.33. The number of halogens is 3. The predicted molar refractivity (Wildman–Crippen MR) is 73.7 cm³/mol. The number of carbonyl (C=O) groups is 1. The van der Waals surface area contributed by atoms with Crippen LogP contribution in [0.2, 0.25) is 5.02 Å². The number of nitrogens with one attached hydrogen (secondary N) is 1. The van der Waals surface area contributed by atoms with Crippen LogP contribution in [0.1, 0.15) is 21.5 Å². The lowest BCUT2D eigenvalue weighted by atomic mass is 10.1. The summed E-state index contributed by atoms with van der Waals surface area (Å²) in [6, 6.07) is 9.61. The molecule has 0 aromatic heterocycles. The van der Waals surface area contributed by atoms with Crippen molar-refractivity contribution in [2.24, 2.45) is 0 Å². The molecule has 106 valence electrons. The normalized spacial score (nSPS) is 10.0. The van der Waals surface area contributed by atoms with Crippen molar-refractivity contribution in [2.75, 3.05) is 0 Å². The minimum atomic E-state index is -0.700. The lowest BCUT2D eigenvalue weighted by Gasteiger charge is -2.08. The fourth-order valence-corrected chi connectivity index (χ4v) is 1.92. The number of nitrogens with zero attached hydrogens (tertiary/aromatic N) is 1. The molecule has 2 aromatic rings. The fourth-order valence-electron chi connectivity index (χ4n) is 1.71. The van der Waals surface area contributed by atoms with E-state index in [1.165, 1.54) is 24.3 Å². The molecule has 0 fully saturated rings. The van der Waals surface area contributed by atoms with Crippen molar-refractivity contribution in [2.45, 2.75) is 6.54 Å². The summed E-state index contributed by atoms with van der Waals surface area (Å²) in [6.07, 6.45) is 0. The zero-order valence-corrected chi connectivity index (χ0v) is 11.4. The molecule has 0 radical (unpaired) electrons. The van der Waals surface area contributed by atoms with Crippen molar-refractivity contribution in [1.82, 2.24) is 5.32 Å². The van der Waals surface area contributed by atoms with E-state index >= 15 is 0 Å². The Morgan fingerprint density at radius 3 is 2.67 bits per heavy atom. The molecule has 0 spiro atoms. The molecule has 3 nitrogen and oxygen atoms in total. The van der Waals surface area contributed by atoms with Crippen LogP contribution in [0.15, 0.2) is 36.4 Å². The van der Waals surface area contributed by atoms with Crippen LogP contribution in [0.4, 0.5) is 8.78 Å². The van der Waals surface area contributed by atoms with Crippen LogP contribution >= 0.6 is 11.6 Å². The molecule has 0 saturated heterocycles. The number of nitriles is 1. The Morgan fingerprint density at radius 2 is 2.00 bits per heavy atom. The second-order valence-corrected chi connectivity index (χ2v) is 4.58. The summed E-state index contributed by atoms with van der Waals surface area (Å²) in [6.45, 7) is -0.0940. The second-order valence-electron chi connectivity index (χ2n) is 4.20. The SMILES string of the molecule is N#Cc1ccc(CNC(=O)c2cccc(F)c2Cl)c(F)c1. The molecule has 1 N–H and O–H groups in total. The molecule has 0 unspecified atom stereocenters. The molecule has 6 heteroatoms. The van der Waals surface area contributed by atoms with Gasteiger partial charge < -0.3 is 5.32 Å². The Labute approximate surface area is 124 Å². The van der Waals surface area contributed by atoms with Gasteiger partial charge in [-0.05, 0) is 24.3 Å². The first-order valence-corrected chi connectivity index (χ1v) is 6.31. The van der Waals surface area contributed by atoms with E-state index in [-0.39, 0.29) is 28.3 Å². The molecular formula is C15H9ClF2N2O. The average molecular weight is 307 g/mol. The molecule has 0 aliphatic rings. The Kier molecular flexibility index (Phi) is 4.51. The van der Waals surface area contributed by atoms with Gasteiger partial charge in [-0.3, -0.25) is 4.79 Å². The topological polar surface area (TPSA) is 52.9 Å². The molecular weight excluding hydrogens is 298 g/mol. The van der Waals surface area contributed by atoms with Gasteiger partial charge in [-0.1, -0.05) is 23.7 Å². The quantitative estimate of drug-likeness (QED) is 0.944. The number of carbonyl (C=O) groups excluding carboxylic acids is 1. The zero-order chi connectivity index (χ0) is 15.4. The largest absolute Gasteiger partial charge is 0.348 e. The number of rotatable bonds is 3. The maximum atomic E-state index is 13.6. The van der Waals surface area contributed by atoms with Crippen LogP contribution in [0.25, 0.3) is 0 Å². The van der Waals surface area contributed by atoms with Crippen LogP contribution in [0.5, 0.6) is 0 Å². The van der Waals surface area contributed by atoms with Crippen molar-refractivity contribution >= 4 is 17.5 Å². The third-order valence-electron chi connectivity index (χ3n) is 2.82. The van der Waals surface area contributed by atoms with Gasteiger partial charge in [-0.2, -0.15) is 5.26 Å². The summed E-state index contributed by atoms with van der Waals surface area (Å²) in [5.41, 5.74) is 0.386. The molecule has 0 saturated carbocycles. The number of benzene rings is 2. The molecule has 1 amide bonds. The van der Waals surface area contributed by atoms with Crippen LogP contribution in [0, 0.1) is 23.0 Å². The van der Waals surface area contributed by atoms with E-state index in [0.29, 0.717) is 0 Å². The molecule has 0 aliphatic carbocycles. The summed E-state index contributed by atoms with van der Waals surface area (Å²) in [5.74, 6) is -1.91. The third kappa shape index (κ3) is 3.36. The Bertz CT molecular complexity index is 741. The van der Waals surface area contributed by atoms with E-state index in [1.54, 1.807) is 0 Å². The summed E-state index contributed by atoms with van der Waals surface area (Å²) < 4.78 is 26.9. The van der Waals surface area contributed by atoms with Gasteiger partial charge in [0.25, 0.3) is 5.91 Å². The van der Waals surface area contributed by atoms with Crippen molar-refractivity contribution in [3.05, 3.63) is 69.7 Å². The van der Waals surface area contributed by atoms with E-state index in [2.05, 4.69) is 5.32 Å². The first kappa shape index (κ1) is 14.9. The first-order valence-electron chi connectivity index (χ1n) is 5.93. The lowest BCUT2D eigenvalue weighted by Crippen LogP contribution is -2.23. The highest BCUT2D eigenvalue weighted by molar-refractivity contribution is 6.34. The van der Waals surface area contributed by atoms with Crippen molar-refractivity contribution in [1.29, 1.82) is 5.26 Å². The summed E-state index contributed by atoms with van der Waals surface area (Å²) in [7, 11) is 0. The Morgan fingerprint density at radius 1 is 1.24 bits per heavy atom. The molecule has 0 heterocycles. The van der Waals surface area contributed by atoms with Crippen LogP contribution < -0.4 is 5.32 Å². The molecule has 2 rings (SSSR count). The highest BCUT2D eigenvalue weighted by atomic mass is 35.5. The van der Waals surface area contributed by atoms with Gasteiger partial charge in [-0.25, -0.2) is 8.78 Å². The first-order chi connectivity index (χ1) is 10.0. The Balaban J connectivity index is 2.11. The smallest absolute Gasteiger partial charge is 0.253 e. The number of hydrogen-bond donors (Lipinski definition) is 1. The average Bonchev–Trinajstić information content (AvgIpc) is 2.48. The van der Waals surface area contributed by atoms with Gasteiger partial charge in [0.05, 0.1) is 22.2 Å². The molecule has 0 aliphatic heterocycles. The van der Waals surface area contributed by atoms with Gasteiger partial charge in [0.1, 0.15) is 11.6 Å². The van der Waals surface area contributed by atoms with Crippen molar-refractivity contribution in [3.63, 3.8) is 0 Å². The predicted octanol–water partition coefficient (Wildman–Crippen LogP) is 3.42. The van der Waals surface area contributed by atoms with E-state index < -0.39 is 17.5 Å². The molecule has 0 atom stereocenters. The summed E-state index contributed by atoms with van der Waals surface area (Å²) >= 11 is 5.69. The van der Waals surface area contributed by atoms with E-state index in [0.717, 1.165) is 12.1 Å². The minimum Gasteiger partial charge on any atom is -0.348 e. The monoisotopic (exact) mass is 306 g/mol. The molecule has 2 aromatic carbocycles. The molecule has 21 heavy (non-hydrogen) atoms.